The van der Waals surface area contributed by atoms with Crippen LogP contribution in [-0.2, 0) is 26.6 Å². The second-order valence-electron chi connectivity index (χ2n) is 8.77. The van der Waals surface area contributed by atoms with Crippen LogP contribution >= 0.6 is 0 Å². The molecule has 0 spiro atoms. The summed E-state index contributed by atoms with van der Waals surface area (Å²) in [5.74, 6) is -5.65. The van der Waals surface area contributed by atoms with Gasteiger partial charge in [-0.15, -0.1) is 0 Å². The van der Waals surface area contributed by atoms with Gasteiger partial charge in [-0.25, -0.2) is 19.0 Å². The van der Waals surface area contributed by atoms with E-state index in [-0.39, 0.29) is 16.8 Å². The quantitative estimate of drug-likeness (QED) is 0.245. The maximum atomic E-state index is 14.5. The van der Waals surface area contributed by atoms with Gasteiger partial charge in [0, 0.05) is 18.3 Å². The van der Waals surface area contributed by atoms with Crippen molar-refractivity contribution < 1.29 is 28.2 Å². The number of rotatable bonds is 5. The molecule has 10 nitrogen and oxygen atoms in total. The van der Waals surface area contributed by atoms with E-state index in [4.69, 9.17) is 14.5 Å². The fourth-order valence-electron chi connectivity index (χ4n) is 4.26. The van der Waals surface area contributed by atoms with Gasteiger partial charge in [-0.3, -0.25) is 10.1 Å². The second kappa shape index (κ2) is 9.42. The number of benzene rings is 2. The van der Waals surface area contributed by atoms with Crippen molar-refractivity contribution in [3.8, 4) is 23.1 Å². The third-order valence-electron chi connectivity index (χ3n) is 5.91. The molecule has 0 saturated carbocycles. The Kier molecular flexibility index (Phi) is 6.10. The van der Waals surface area contributed by atoms with Crippen LogP contribution in [0.1, 0.15) is 21.6 Å². The molecule has 2 aromatic carbocycles. The molecule has 2 aromatic heterocycles. The highest BCUT2D eigenvalue weighted by atomic mass is 19.1. The van der Waals surface area contributed by atoms with Gasteiger partial charge in [0.1, 0.15) is 6.07 Å². The van der Waals surface area contributed by atoms with Crippen LogP contribution in [0.25, 0.3) is 16.9 Å². The Bertz CT molecular complexity index is 1640. The number of halogens is 1. The first kappa shape index (κ1) is 24.6. The van der Waals surface area contributed by atoms with E-state index < -0.39 is 35.1 Å². The van der Waals surface area contributed by atoms with Gasteiger partial charge in [0.15, 0.2) is 17.2 Å². The van der Waals surface area contributed by atoms with E-state index in [0.29, 0.717) is 12.2 Å². The Labute approximate surface area is 215 Å². The van der Waals surface area contributed by atoms with Gasteiger partial charge < -0.3 is 18.8 Å². The molecule has 38 heavy (non-hydrogen) atoms. The zero-order valence-electron chi connectivity index (χ0n) is 20.3. The number of imidazole rings is 1. The van der Waals surface area contributed by atoms with E-state index in [9.17, 15) is 24.0 Å². The molecule has 3 heterocycles. The second-order valence-corrected chi connectivity index (χ2v) is 8.77. The summed E-state index contributed by atoms with van der Waals surface area (Å²) >= 11 is 0. The van der Waals surface area contributed by atoms with Crippen LogP contribution in [0.5, 0.6) is 5.75 Å². The highest BCUT2D eigenvalue weighted by Crippen LogP contribution is 2.36. The van der Waals surface area contributed by atoms with E-state index in [1.807, 2.05) is 49.3 Å². The number of cyclic esters (lactones) is 1. The number of esters is 2. The number of aromatic nitrogens is 2. The number of nitrogens with one attached hydrogen (secondary N) is 1. The van der Waals surface area contributed by atoms with E-state index in [2.05, 4.69) is 5.32 Å². The molecule has 1 aliphatic heterocycles. The molecule has 11 heteroatoms. The Morgan fingerprint density at radius 3 is 2.58 bits per heavy atom. The van der Waals surface area contributed by atoms with E-state index in [1.54, 1.807) is 22.7 Å². The maximum Gasteiger partial charge on any atom is 0.423 e. The first-order chi connectivity index (χ1) is 18.2. The predicted molar refractivity (Wildman–Crippen MR) is 131 cm³/mol. The summed E-state index contributed by atoms with van der Waals surface area (Å²) in [5.41, 5.74) is -0.261. The van der Waals surface area contributed by atoms with Crippen molar-refractivity contribution in [3.63, 3.8) is 0 Å². The number of hydrogen-bond donors (Lipinski definition) is 1. The van der Waals surface area contributed by atoms with Crippen LogP contribution < -0.4 is 10.1 Å². The Morgan fingerprint density at radius 1 is 1.11 bits per heavy atom. The summed E-state index contributed by atoms with van der Waals surface area (Å²) in [6.07, 6.45) is 1.76. The summed E-state index contributed by atoms with van der Waals surface area (Å²) in [4.78, 5) is 44.6. The lowest BCUT2D eigenvalue weighted by Crippen LogP contribution is -2.48. The molecule has 1 atom stereocenters. The number of ether oxygens (including phenoxy) is 2. The summed E-state index contributed by atoms with van der Waals surface area (Å²) < 4.78 is 26.2. The number of pyridine rings is 1. The maximum absolute atomic E-state index is 14.5. The van der Waals surface area contributed by atoms with Crippen molar-refractivity contribution >= 4 is 23.5 Å². The highest BCUT2D eigenvalue weighted by molar-refractivity contribution is 6.30. The number of carbonyl (C=O) groups excluding carboxylic acids is 3. The largest absolute Gasteiger partial charge is 0.423 e. The number of nitriles is 1. The number of hydrogen-bond acceptors (Lipinski definition) is 8. The molecule has 1 aliphatic rings. The zero-order chi connectivity index (χ0) is 27.0. The standard InChI is InChI=1S/C27H20FN5O5/c1-32(2)14-20-21(16-8-4-3-5-9-16)30-23-17(10-7-13-33(20)23)24(34)31-27(15-29)18-11-6-12-19(28)22(18)37-25(35)26(36)38-27/h3-13H,14H2,1-2H3,(H,31,34). The average Bonchev–Trinajstić information content (AvgIpc) is 3.22. The lowest BCUT2D eigenvalue weighted by molar-refractivity contribution is -0.169. The van der Waals surface area contributed by atoms with Gasteiger partial charge >= 0.3 is 17.7 Å². The van der Waals surface area contributed by atoms with E-state index in [0.717, 1.165) is 17.3 Å². The van der Waals surface area contributed by atoms with Gasteiger partial charge in [0.2, 0.25) is 0 Å². The number of fused-ring (bicyclic) bond motifs is 2. The van der Waals surface area contributed by atoms with Crippen molar-refractivity contribution in [2.24, 2.45) is 0 Å². The minimum atomic E-state index is -2.55. The highest BCUT2D eigenvalue weighted by Gasteiger charge is 2.47. The third-order valence-corrected chi connectivity index (χ3v) is 5.91. The summed E-state index contributed by atoms with van der Waals surface area (Å²) in [6.45, 7) is 0.502. The molecule has 5 rings (SSSR count). The minimum Gasteiger partial charge on any atom is -0.414 e. The van der Waals surface area contributed by atoms with E-state index in [1.165, 1.54) is 18.2 Å². The van der Waals surface area contributed by atoms with Crippen molar-refractivity contribution in [2.75, 3.05) is 14.1 Å². The van der Waals surface area contributed by atoms with Gasteiger partial charge in [-0.2, -0.15) is 5.26 Å². The fourth-order valence-corrected chi connectivity index (χ4v) is 4.26. The normalized spacial score (nSPS) is 16.8. The minimum absolute atomic E-state index is 0.0507. The topological polar surface area (TPSA) is 126 Å². The molecule has 4 aromatic rings. The van der Waals surface area contributed by atoms with Crippen LogP contribution in [0.3, 0.4) is 0 Å². The van der Waals surface area contributed by atoms with Gasteiger partial charge in [-0.1, -0.05) is 36.4 Å². The van der Waals surface area contributed by atoms with Gasteiger partial charge in [0.25, 0.3) is 5.91 Å². The van der Waals surface area contributed by atoms with Gasteiger partial charge in [-0.05, 0) is 38.4 Å². The Morgan fingerprint density at radius 2 is 1.87 bits per heavy atom. The number of para-hydroxylation sites is 1. The van der Waals surface area contributed by atoms with Crippen LogP contribution in [0.15, 0.2) is 66.9 Å². The van der Waals surface area contributed by atoms with Crippen molar-refractivity contribution in [1.29, 1.82) is 5.26 Å². The van der Waals surface area contributed by atoms with E-state index >= 15 is 0 Å². The third kappa shape index (κ3) is 4.12. The molecular weight excluding hydrogens is 493 g/mol. The predicted octanol–water partition coefficient (Wildman–Crippen LogP) is 2.77. The molecule has 0 saturated heterocycles. The van der Waals surface area contributed by atoms with Crippen molar-refractivity contribution in [3.05, 3.63) is 89.5 Å². The average molecular weight is 513 g/mol. The molecule has 1 amide bonds. The summed E-state index contributed by atoms with van der Waals surface area (Å²) in [6, 6.07) is 17.7. The van der Waals surface area contributed by atoms with Crippen LogP contribution in [0, 0.1) is 17.1 Å². The summed E-state index contributed by atoms with van der Waals surface area (Å²) in [5, 5.41) is 12.4. The fraction of sp³-hybridized carbons (Fsp3) is 0.148. The lowest BCUT2D eigenvalue weighted by Gasteiger charge is -2.26. The molecule has 0 radical (unpaired) electrons. The SMILES string of the molecule is CN(C)Cc1c(-c2ccccc2)nc2c(C(=O)NC3(C#N)OC(=O)C(=O)Oc4c(F)cccc43)cccn12. The van der Waals surface area contributed by atoms with Crippen molar-refractivity contribution in [2.45, 2.75) is 12.3 Å². The molecular formula is C27H20FN5O5. The monoisotopic (exact) mass is 513 g/mol. The smallest absolute Gasteiger partial charge is 0.414 e. The van der Waals surface area contributed by atoms with Crippen LogP contribution in [0.4, 0.5) is 4.39 Å². The van der Waals surface area contributed by atoms with Crippen LogP contribution in [-0.4, -0.2) is 46.2 Å². The number of nitrogens with zero attached hydrogens (tertiary/aromatic N) is 4. The molecule has 0 bridgehead atoms. The lowest BCUT2D eigenvalue weighted by atomic mass is 10.0. The molecule has 0 fully saturated rings. The molecule has 190 valence electrons. The molecule has 1 N–H and O–H groups in total. The first-order valence-electron chi connectivity index (χ1n) is 11.4. The van der Waals surface area contributed by atoms with Crippen LogP contribution in [0.2, 0.25) is 0 Å². The Hall–Kier alpha value is -5.08. The number of carbonyl (C=O) groups is 3. The summed E-state index contributed by atoms with van der Waals surface area (Å²) in [7, 11) is 3.81. The zero-order valence-corrected chi connectivity index (χ0v) is 20.3. The number of amides is 1. The first-order valence-corrected chi connectivity index (χ1v) is 11.4. The van der Waals surface area contributed by atoms with Gasteiger partial charge in [0.05, 0.1) is 22.5 Å². The molecule has 0 aliphatic carbocycles. The van der Waals surface area contributed by atoms with Crippen molar-refractivity contribution in [1.82, 2.24) is 19.6 Å². The molecule has 1 unspecified atom stereocenters. The Balaban J connectivity index is 1.64.